The normalized spacial score (nSPS) is 15.0. The molecule has 3 heteroatoms. The Morgan fingerprint density at radius 2 is 1.60 bits per heavy atom. The van der Waals surface area contributed by atoms with Crippen LogP contribution in [0.5, 0.6) is 0 Å². The second kappa shape index (κ2) is 4.47. The van der Waals surface area contributed by atoms with Crippen LogP contribution >= 0.6 is 0 Å². The second-order valence-electron chi connectivity index (χ2n) is 0.750. The number of hydrogen-bond acceptors (Lipinski definition) is 2. The third-order valence-electron chi connectivity index (χ3n) is 0.250. The van der Waals surface area contributed by atoms with E-state index in [9.17, 15) is 0 Å². The van der Waals surface area contributed by atoms with Crippen LogP contribution in [-0.4, -0.2) is 13.1 Å². The van der Waals surface area contributed by atoms with Gasteiger partial charge in [-0.05, 0) is 0 Å². The Balaban J connectivity index is 0.0000000733. The van der Waals surface area contributed by atoms with E-state index >= 15 is 0 Å². The van der Waals surface area contributed by atoms with Crippen molar-refractivity contribution in [2.75, 3.05) is 13.1 Å². The van der Waals surface area contributed by atoms with E-state index in [1.807, 2.05) is 0 Å². The fourth-order valence-corrected chi connectivity index (χ4v) is 0. The minimum atomic E-state index is 0.750. The topological polar surface area (TPSA) is 39.0 Å². The number of rotatable bonds is 0. The molecule has 1 heterocycles. The summed E-state index contributed by atoms with van der Waals surface area (Å²) in [4.78, 5) is 0. The first-order chi connectivity index (χ1) is 2.50. The van der Waals surface area contributed by atoms with Gasteiger partial charge in [-0.1, -0.05) is 0 Å². The first kappa shape index (κ1) is 5.47. The van der Waals surface area contributed by atoms with Crippen LogP contribution < -0.4 is 5.32 Å². The van der Waals surface area contributed by atoms with Crippen molar-refractivity contribution >= 4 is 0 Å². The zero-order valence-corrected chi connectivity index (χ0v) is 4.38. The molecule has 1 saturated heterocycles. The van der Waals surface area contributed by atoms with Gasteiger partial charge in [-0.3, -0.25) is 0 Å². The molecule has 0 aromatic heterocycles. The molecule has 2 nitrogen and oxygen atoms in total. The molecule has 0 bridgehead atoms. The SMILES string of the molecule is C1CN1.[O]=[Ti]. The van der Waals surface area contributed by atoms with E-state index in [4.69, 9.17) is 3.32 Å². The molecule has 5 heavy (non-hydrogen) atoms. The standard InChI is InChI=1S/C2H5N.O.Ti/c1-2-3-1;;/h3H,1-2H2;;. The average Bonchev–Trinajstić information content (AvgIpc) is 2.19. The first-order valence-corrected chi connectivity index (χ1v) is 2.05. The van der Waals surface area contributed by atoms with E-state index < -0.39 is 0 Å². The van der Waals surface area contributed by atoms with Gasteiger partial charge in [-0.15, -0.1) is 0 Å². The summed E-state index contributed by atoms with van der Waals surface area (Å²) < 4.78 is 8.25. The summed E-state index contributed by atoms with van der Waals surface area (Å²) in [7, 11) is 0. The minimum absolute atomic E-state index is 0.750. The van der Waals surface area contributed by atoms with Crippen LogP contribution in [0.25, 0.3) is 0 Å². The van der Waals surface area contributed by atoms with Gasteiger partial charge < -0.3 is 5.32 Å². The third-order valence-corrected chi connectivity index (χ3v) is 0.250. The van der Waals surface area contributed by atoms with Crippen molar-refractivity contribution in [3.8, 4) is 0 Å². The molecule has 1 N–H and O–H groups in total. The van der Waals surface area contributed by atoms with Gasteiger partial charge in [0.05, 0.1) is 0 Å². The van der Waals surface area contributed by atoms with E-state index in [0.717, 1.165) is 20.4 Å². The molecule has 0 saturated carbocycles. The Morgan fingerprint density at radius 3 is 1.60 bits per heavy atom. The van der Waals surface area contributed by atoms with Gasteiger partial charge in [-0.25, -0.2) is 0 Å². The summed E-state index contributed by atoms with van der Waals surface area (Å²) in [6.45, 7) is 2.50. The van der Waals surface area contributed by atoms with E-state index in [2.05, 4.69) is 5.32 Å². The summed E-state index contributed by atoms with van der Waals surface area (Å²) in [5.74, 6) is 0. The van der Waals surface area contributed by atoms with Crippen LogP contribution in [0.4, 0.5) is 0 Å². The molecule has 0 atom stereocenters. The van der Waals surface area contributed by atoms with Gasteiger partial charge in [0, 0.05) is 13.1 Å². The molecule has 0 spiro atoms. The van der Waals surface area contributed by atoms with E-state index in [1.54, 1.807) is 0 Å². The van der Waals surface area contributed by atoms with Crippen molar-refractivity contribution in [2.24, 2.45) is 0 Å². The number of hydrogen-bond donors (Lipinski definition) is 1. The molecule has 1 aliphatic heterocycles. The van der Waals surface area contributed by atoms with Crippen LogP contribution in [0.15, 0.2) is 0 Å². The first-order valence-electron chi connectivity index (χ1n) is 1.41. The van der Waals surface area contributed by atoms with Crippen LogP contribution in [-0.2, 0) is 23.7 Å². The molecule has 1 aliphatic rings. The molecular weight excluding hydrogens is 102 g/mol. The summed E-state index contributed by atoms with van der Waals surface area (Å²) in [5.41, 5.74) is 0. The molecule has 1 rings (SSSR count). The van der Waals surface area contributed by atoms with E-state index in [-0.39, 0.29) is 0 Å². The Kier molecular flexibility index (Phi) is 4.90. The zero-order chi connectivity index (χ0) is 4.12. The molecule has 0 radical (unpaired) electrons. The van der Waals surface area contributed by atoms with Crippen LogP contribution in [0, 0.1) is 0 Å². The van der Waals surface area contributed by atoms with Crippen molar-refractivity contribution in [3.63, 3.8) is 0 Å². The van der Waals surface area contributed by atoms with Crippen molar-refractivity contribution in [3.05, 3.63) is 0 Å². The van der Waals surface area contributed by atoms with E-state index in [1.165, 1.54) is 13.1 Å². The zero-order valence-electron chi connectivity index (χ0n) is 2.82. The Hall–Kier alpha value is 0.474. The second-order valence-corrected chi connectivity index (χ2v) is 0.750. The van der Waals surface area contributed by atoms with Gasteiger partial charge in [0.15, 0.2) is 0 Å². The monoisotopic (exact) mass is 107 g/mol. The fourth-order valence-electron chi connectivity index (χ4n) is 0. The molecule has 0 aromatic rings. The van der Waals surface area contributed by atoms with Crippen LogP contribution in [0.1, 0.15) is 0 Å². The van der Waals surface area contributed by atoms with E-state index in [0.29, 0.717) is 0 Å². The van der Waals surface area contributed by atoms with Crippen molar-refractivity contribution in [2.45, 2.75) is 0 Å². The maximum absolute atomic E-state index is 8.25. The van der Waals surface area contributed by atoms with Gasteiger partial charge in [0.25, 0.3) is 0 Å². The molecule has 0 aromatic carbocycles. The summed E-state index contributed by atoms with van der Waals surface area (Å²) in [6.07, 6.45) is 0. The predicted molar refractivity (Wildman–Crippen MR) is 13.6 cm³/mol. The van der Waals surface area contributed by atoms with Crippen molar-refractivity contribution in [1.82, 2.24) is 5.32 Å². The molecule has 0 aliphatic carbocycles. The predicted octanol–water partition coefficient (Wildman–Crippen LogP) is -0.532. The number of nitrogens with one attached hydrogen (secondary N) is 1. The maximum atomic E-state index is 8.25. The molecular formula is C2H5NOTi. The van der Waals surface area contributed by atoms with Gasteiger partial charge >= 0.3 is 23.7 Å². The Bertz CT molecular complexity index is 20.9. The van der Waals surface area contributed by atoms with Gasteiger partial charge in [0.1, 0.15) is 0 Å². The molecule has 0 amide bonds. The molecule has 0 unspecified atom stereocenters. The van der Waals surface area contributed by atoms with Crippen molar-refractivity contribution < 1.29 is 23.7 Å². The summed E-state index contributed by atoms with van der Waals surface area (Å²) >= 11 is 0.750. The fraction of sp³-hybridized carbons (Fsp3) is 1.00. The van der Waals surface area contributed by atoms with Crippen LogP contribution in [0.2, 0.25) is 0 Å². The Morgan fingerprint density at radius 1 is 1.40 bits per heavy atom. The quantitative estimate of drug-likeness (QED) is 0.333. The third kappa shape index (κ3) is 12.6. The van der Waals surface area contributed by atoms with Gasteiger partial charge in [0.2, 0.25) is 0 Å². The van der Waals surface area contributed by atoms with Gasteiger partial charge in [-0.2, -0.15) is 0 Å². The van der Waals surface area contributed by atoms with Crippen LogP contribution in [0.3, 0.4) is 0 Å². The molecule has 1 fully saturated rings. The summed E-state index contributed by atoms with van der Waals surface area (Å²) in [5, 5.41) is 3.00. The van der Waals surface area contributed by atoms with Crippen molar-refractivity contribution in [1.29, 1.82) is 0 Å². The summed E-state index contributed by atoms with van der Waals surface area (Å²) in [6, 6.07) is 0. The Labute approximate surface area is 42.7 Å². The molecule has 28 valence electrons. The average molecular weight is 107 g/mol.